The summed E-state index contributed by atoms with van der Waals surface area (Å²) in [6.45, 7) is 14.0. The van der Waals surface area contributed by atoms with Crippen molar-refractivity contribution < 1.29 is 23.9 Å². The van der Waals surface area contributed by atoms with Gasteiger partial charge in [-0.2, -0.15) is 0 Å². The normalized spacial score (nSPS) is 12.8. The second kappa shape index (κ2) is 18.3. The summed E-state index contributed by atoms with van der Waals surface area (Å²) < 4.78 is 10.8. The first-order valence-electron chi connectivity index (χ1n) is 16.2. The van der Waals surface area contributed by atoms with Crippen LogP contribution in [0.3, 0.4) is 0 Å². The number of hydrogen-bond donors (Lipinski definition) is 2. The van der Waals surface area contributed by atoms with E-state index in [-0.39, 0.29) is 17.7 Å². The van der Waals surface area contributed by atoms with Gasteiger partial charge in [-0.25, -0.2) is 4.79 Å². The van der Waals surface area contributed by atoms with E-state index in [1.54, 1.807) is 57.0 Å². The third kappa shape index (κ3) is 12.6. The Morgan fingerprint density at radius 3 is 2.02 bits per heavy atom. The number of carbonyl (C=O) groups is 3. The maximum absolute atomic E-state index is 14.5. The van der Waals surface area contributed by atoms with Gasteiger partial charge in [0.15, 0.2) is 0 Å². The summed E-state index contributed by atoms with van der Waals surface area (Å²) >= 11 is 0. The Kier molecular flexibility index (Phi) is 15.2. The number of carbonyl (C=O) groups excluding carboxylic acids is 3. The van der Waals surface area contributed by atoms with E-state index in [9.17, 15) is 14.4 Å². The molecule has 0 bridgehead atoms. The summed E-state index contributed by atoms with van der Waals surface area (Å²) in [5, 5.41) is 5.86. The van der Waals surface area contributed by atoms with Gasteiger partial charge in [0.1, 0.15) is 23.4 Å². The molecule has 0 aromatic heterocycles. The van der Waals surface area contributed by atoms with Crippen molar-refractivity contribution in [1.82, 2.24) is 10.2 Å². The number of rotatable bonds is 17. The fourth-order valence-corrected chi connectivity index (χ4v) is 5.07. The molecule has 0 aliphatic carbocycles. The number of alkyl carbamates (subject to hydrolysis) is 1. The van der Waals surface area contributed by atoms with Gasteiger partial charge in [-0.3, -0.25) is 9.59 Å². The summed E-state index contributed by atoms with van der Waals surface area (Å²) in [5.41, 5.74) is 1.74. The molecule has 0 aliphatic rings. The number of benzene rings is 2. The summed E-state index contributed by atoms with van der Waals surface area (Å²) in [6, 6.07) is 13.2. The molecule has 2 aromatic rings. The van der Waals surface area contributed by atoms with Crippen molar-refractivity contribution in [1.29, 1.82) is 0 Å². The van der Waals surface area contributed by atoms with E-state index in [2.05, 4.69) is 24.5 Å². The van der Waals surface area contributed by atoms with Crippen molar-refractivity contribution >= 4 is 23.6 Å². The second-order valence-electron chi connectivity index (χ2n) is 12.8. The lowest BCUT2D eigenvalue weighted by atomic mass is 9.97. The van der Waals surface area contributed by atoms with Crippen LogP contribution in [0.5, 0.6) is 5.75 Å². The number of nitrogens with one attached hydrogen (secondary N) is 2. The van der Waals surface area contributed by atoms with Crippen LogP contribution in [0.25, 0.3) is 0 Å². The molecule has 2 unspecified atom stereocenters. The third-order valence-electron chi connectivity index (χ3n) is 7.35. The van der Waals surface area contributed by atoms with Gasteiger partial charge < -0.3 is 25.0 Å². The van der Waals surface area contributed by atoms with Gasteiger partial charge in [0.05, 0.1) is 7.11 Å². The minimum absolute atomic E-state index is 0.116. The molecule has 8 nitrogen and oxygen atoms in total. The van der Waals surface area contributed by atoms with Gasteiger partial charge in [0, 0.05) is 12.2 Å². The van der Waals surface area contributed by atoms with E-state index in [1.807, 2.05) is 38.1 Å². The van der Waals surface area contributed by atoms with Gasteiger partial charge in [-0.15, -0.1) is 0 Å². The van der Waals surface area contributed by atoms with E-state index < -0.39 is 23.8 Å². The highest BCUT2D eigenvalue weighted by molar-refractivity contribution is 5.99. The molecule has 2 N–H and O–H groups in total. The molecule has 0 aliphatic heterocycles. The Morgan fingerprint density at radius 1 is 0.864 bits per heavy atom. The van der Waals surface area contributed by atoms with E-state index in [4.69, 9.17) is 9.47 Å². The van der Waals surface area contributed by atoms with Crippen LogP contribution in [0.4, 0.5) is 10.5 Å². The van der Waals surface area contributed by atoms with Crippen LogP contribution >= 0.6 is 0 Å². The van der Waals surface area contributed by atoms with Crippen molar-refractivity contribution in [2.75, 3.05) is 19.0 Å². The zero-order valence-electron chi connectivity index (χ0n) is 28.2. The topological polar surface area (TPSA) is 97.0 Å². The number of methoxy groups -OCH3 is 1. The van der Waals surface area contributed by atoms with Crippen LogP contribution in [-0.4, -0.2) is 48.1 Å². The van der Waals surface area contributed by atoms with Crippen molar-refractivity contribution in [2.45, 2.75) is 118 Å². The fraction of sp³-hybridized carbons (Fsp3) is 0.583. The Morgan fingerprint density at radius 2 is 1.48 bits per heavy atom. The Bertz CT molecular complexity index is 1160. The Labute approximate surface area is 265 Å². The van der Waals surface area contributed by atoms with Crippen LogP contribution in [0.1, 0.15) is 111 Å². The zero-order valence-corrected chi connectivity index (χ0v) is 28.2. The standard InChI is InChI=1S/C36H55N3O5/c1-9-11-12-13-14-15-24-39(34(41)31(25-26(3)4)38-35(42)44-36(5,6)7)32(28-18-16-27(10-2)17-19-28)33(40)37-29-20-22-30(43-8)23-21-29/h16-23,26,31-32H,9-15,24-25H2,1-8H3,(H,37,40)(H,38,42). The monoisotopic (exact) mass is 609 g/mol. The zero-order chi connectivity index (χ0) is 32.7. The lowest BCUT2D eigenvalue weighted by Crippen LogP contribution is -2.53. The first-order valence-corrected chi connectivity index (χ1v) is 16.2. The molecule has 0 saturated heterocycles. The minimum Gasteiger partial charge on any atom is -0.497 e. The molecular weight excluding hydrogens is 554 g/mol. The first kappa shape index (κ1) is 36.6. The average molecular weight is 610 g/mol. The van der Waals surface area contributed by atoms with Gasteiger partial charge in [-0.1, -0.05) is 84.1 Å². The lowest BCUT2D eigenvalue weighted by molar-refractivity contribution is -0.141. The molecule has 0 heterocycles. The lowest BCUT2D eigenvalue weighted by Gasteiger charge is -2.35. The third-order valence-corrected chi connectivity index (χ3v) is 7.35. The molecule has 2 atom stereocenters. The Balaban J connectivity index is 2.52. The predicted molar refractivity (Wildman–Crippen MR) is 178 cm³/mol. The number of hydrogen-bond acceptors (Lipinski definition) is 5. The smallest absolute Gasteiger partial charge is 0.408 e. The van der Waals surface area contributed by atoms with Crippen molar-refractivity contribution in [3.8, 4) is 5.75 Å². The quantitative estimate of drug-likeness (QED) is 0.177. The molecule has 2 aromatic carbocycles. The number of nitrogens with zero attached hydrogens (tertiary/aromatic N) is 1. The predicted octanol–water partition coefficient (Wildman–Crippen LogP) is 8.07. The summed E-state index contributed by atoms with van der Waals surface area (Å²) in [6.07, 6.45) is 6.84. The van der Waals surface area contributed by atoms with Crippen LogP contribution < -0.4 is 15.4 Å². The van der Waals surface area contributed by atoms with Gasteiger partial charge in [0.25, 0.3) is 5.91 Å². The van der Waals surface area contributed by atoms with Crippen LogP contribution in [-0.2, 0) is 20.7 Å². The summed E-state index contributed by atoms with van der Waals surface area (Å²) in [4.78, 5) is 43.2. The number of amides is 3. The SMILES string of the molecule is CCCCCCCCN(C(=O)C(CC(C)C)NC(=O)OC(C)(C)C)C(C(=O)Nc1ccc(OC)cc1)c1ccc(CC)cc1. The molecule has 244 valence electrons. The average Bonchev–Trinajstić information content (AvgIpc) is 2.97. The first-order chi connectivity index (χ1) is 20.9. The van der Waals surface area contributed by atoms with E-state index in [1.165, 1.54) is 6.42 Å². The van der Waals surface area contributed by atoms with Gasteiger partial charge in [0.2, 0.25) is 5.91 Å². The largest absolute Gasteiger partial charge is 0.497 e. The van der Waals surface area contributed by atoms with E-state index in [0.717, 1.165) is 44.1 Å². The minimum atomic E-state index is -0.902. The van der Waals surface area contributed by atoms with E-state index >= 15 is 0 Å². The molecular formula is C36H55N3O5. The Hall–Kier alpha value is -3.55. The number of ether oxygens (including phenoxy) is 2. The fourth-order valence-electron chi connectivity index (χ4n) is 5.07. The molecule has 0 fully saturated rings. The van der Waals surface area contributed by atoms with Crippen LogP contribution in [0.2, 0.25) is 0 Å². The number of aryl methyl sites for hydroxylation is 1. The highest BCUT2D eigenvalue weighted by atomic mass is 16.6. The van der Waals surface area contributed by atoms with Crippen LogP contribution in [0, 0.1) is 5.92 Å². The van der Waals surface area contributed by atoms with Gasteiger partial charge in [-0.05, 0) is 81.3 Å². The van der Waals surface area contributed by atoms with Crippen molar-refractivity contribution in [3.05, 3.63) is 59.7 Å². The summed E-state index contributed by atoms with van der Waals surface area (Å²) in [7, 11) is 1.59. The summed E-state index contributed by atoms with van der Waals surface area (Å²) in [5.74, 6) is 0.177. The van der Waals surface area contributed by atoms with E-state index in [0.29, 0.717) is 30.0 Å². The number of unbranched alkanes of at least 4 members (excludes halogenated alkanes) is 5. The molecule has 3 amide bonds. The van der Waals surface area contributed by atoms with Crippen LogP contribution in [0.15, 0.2) is 48.5 Å². The van der Waals surface area contributed by atoms with Crippen molar-refractivity contribution in [3.63, 3.8) is 0 Å². The maximum atomic E-state index is 14.5. The molecule has 0 radical (unpaired) electrons. The molecule has 8 heteroatoms. The molecule has 0 spiro atoms. The highest BCUT2D eigenvalue weighted by Crippen LogP contribution is 2.27. The highest BCUT2D eigenvalue weighted by Gasteiger charge is 2.36. The molecule has 0 saturated carbocycles. The molecule has 2 rings (SSSR count). The van der Waals surface area contributed by atoms with Gasteiger partial charge >= 0.3 is 6.09 Å². The second-order valence-corrected chi connectivity index (χ2v) is 12.8. The molecule has 44 heavy (non-hydrogen) atoms. The number of anilines is 1. The van der Waals surface area contributed by atoms with Crippen molar-refractivity contribution in [2.24, 2.45) is 5.92 Å². The maximum Gasteiger partial charge on any atom is 0.408 e.